The summed E-state index contributed by atoms with van der Waals surface area (Å²) in [7, 11) is 0. The largest absolute Gasteiger partial charge is 0.298 e. The summed E-state index contributed by atoms with van der Waals surface area (Å²) >= 11 is 1.66. The molecule has 0 spiro atoms. The van der Waals surface area contributed by atoms with Gasteiger partial charge in [0.15, 0.2) is 5.82 Å². The normalized spacial score (nSPS) is 11.3. The summed E-state index contributed by atoms with van der Waals surface area (Å²) in [6.45, 7) is 9.37. The lowest BCUT2D eigenvalue weighted by molar-refractivity contribution is 0.289. The fourth-order valence-electron chi connectivity index (χ4n) is 2.62. The van der Waals surface area contributed by atoms with E-state index in [1.165, 1.54) is 5.69 Å². The Morgan fingerprint density at radius 3 is 2.57 bits per heavy atom. The Labute approximate surface area is 141 Å². The molecule has 23 heavy (non-hydrogen) atoms. The minimum atomic E-state index is 0.895. The lowest BCUT2D eigenvalue weighted by Crippen LogP contribution is -2.23. The van der Waals surface area contributed by atoms with Crippen LogP contribution in [0.4, 0.5) is 0 Å². The molecule has 0 atom stereocenters. The van der Waals surface area contributed by atoms with E-state index in [1.54, 1.807) is 11.3 Å². The van der Waals surface area contributed by atoms with Gasteiger partial charge in [-0.1, -0.05) is 44.2 Å². The molecule has 2 heterocycles. The summed E-state index contributed by atoms with van der Waals surface area (Å²) in [6, 6.07) is 12.4. The van der Waals surface area contributed by atoms with Crippen LogP contribution in [0.3, 0.4) is 0 Å². The predicted octanol–water partition coefficient (Wildman–Crippen LogP) is 4.15. The zero-order chi connectivity index (χ0) is 16.2. The third-order valence-corrected chi connectivity index (χ3v) is 4.79. The van der Waals surface area contributed by atoms with E-state index in [2.05, 4.69) is 47.4 Å². The van der Waals surface area contributed by atoms with E-state index in [1.807, 2.05) is 29.8 Å². The van der Waals surface area contributed by atoms with Crippen LogP contribution in [-0.2, 0) is 6.54 Å². The Kier molecular flexibility index (Phi) is 4.88. The smallest absolute Gasteiger partial charge is 0.165 e. The molecule has 1 aromatic carbocycles. The molecule has 4 nitrogen and oxygen atoms in total. The summed E-state index contributed by atoms with van der Waals surface area (Å²) in [6.07, 6.45) is 0. The Morgan fingerprint density at radius 2 is 1.87 bits per heavy atom. The van der Waals surface area contributed by atoms with Gasteiger partial charge in [-0.3, -0.25) is 4.90 Å². The van der Waals surface area contributed by atoms with Gasteiger partial charge in [-0.05, 0) is 26.1 Å². The van der Waals surface area contributed by atoms with Crippen LogP contribution in [0.15, 0.2) is 41.8 Å². The summed E-state index contributed by atoms with van der Waals surface area (Å²) in [5.41, 5.74) is 3.37. The number of nitrogens with zero attached hydrogens (tertiary/aromatic N) is 4. The zero-order valence-electron chi connectivity index (χ0n) is 13.9. The van der Waals surface area contributed by atoms with Crippen LogP contribution in [0.2, 0.25) is 0 Å². The average Bonchev–Trinajstić information content (AvgIpc) is 3.20. The fourth-order valence-corrected chi connectivity index (χ4v) is 3.40. The van der Waals surface area contributed by atoms with Crippen molar-refractivity contribution < 1.29 is 0 Å². The monoisotopic (exact) mass is 326 g/mol. The van der Waals surface area contributed by atoms with E-state index in [9.17, 15) is 0 Å². The molecule has 0 radical (unpaired) electrons. The second kappa shape index (κ2) is 7.06. The summed E-state index contributed by atoms with van der Waals surface area (Å²) in [4.78, 5) is 7.17. The Morgan fingerprint density at radius 1 is 1.13 bits per heavy atom. The number of hydrogen-bond acceptors (Lipinski definition) is 4. The molecule has 0 unspecified atom stereocenters. The zero-order valence-corrected chi connectivity index (χ0v) is 14.7. The van der Waals surface area contributed by atoms with Crippen LogP contribution in [-0.4, -0.2) is 32.8 Å². The highest BCUT2D eigenvalue weighted by molar-refractivity contribution is 7.13. The van der Waals surface area contributed by atoms with Crippen molar-refractivity contribution in [3.8, 4) is 16.4 Å². The van der Waals surface area contributed by atoms with E-state index >= 15 is 0 Å². The molecule has 120 valence electrons. The highest BCUT2D eigenvalue weighted by Crippen LogP contribution is 2.25. The predicted molar refractivity (Wildman–Crippen MR) is 96.0 cm³/mol. The highest BCUT2D eigenvalue weighted by atomic mass is 32.1. The summed E-state index contributed by atoms with van der Waals surface area (Å²) < 4.78 is 1.98. The highest BCUT2D eigenvalue weighted by Gasteiger charge is 2.13. The van der Waals surface area contributed by atoms with Crippen molar-refractivity contribution in [3.05, 3.63) is 53.2 Å². The second-order valence-corrected chi connectivity index (χ2v) is 6.39. The van der Waals surface area contributed by atoms with Crippen LogP contribution < -0.4 is 0 Å². The van der Waals surface area contributed by atoms with Crippen LogP contribution in [0.5, 0.6) is 0 Å². The van der Waals surface area contributed by atoms with Gasteiger partial charge in [-0.15, -0.1) is 11.3 Å². The van der Waals surface area contributed by atoms with E-state index in [4.69, 9.17) is 4.98 Å². The molecule has 0 amide bonds. The molecule has 2 aromatic heterocycles. The van der Waals surface area contributed by atoms with Crippen molar-refractivity contribution >= 4 is 11.3 Å². The lowest BCUT2D eigenvalue weighted by atomic mass is 10.2. The quantitative estimate of drug-likeness (QED) is 0.682. The minimum absolute atomic E-state index is 0.895. The van der Waals surface area contributed by atoms with Gasteiger partial charge < -0.3 is 0 Å². The first-order valence-corrected chi connectivity index (χ1v) is 8.88. The number of aromatic nitrogens is 3. The molecule has 3 rings (SSSR count). The van der Waals surface area contributed by atoms with Gasteiger partial charge in [0.1, 0.15) is 5.01 Å². The van der Waals surface area contributed by atoms with Crippen molar-refractivity contribution in [1.29, 1.82) is 0 Å². The van der Waals surface area contributed by atoms with Gasteiger partial charge >= 0.3 is 0 Å². The molecule has 0 bridgehead atoms. The lowest BCUT2D eigenvalue weighted by Gasteiger charge is -2.17. The molecule has 0 aliphatic rings. The molecule has 3 aromatic rings. The van der Waals surface area contributed by atoms with Gasteiger partial charge in [-0.25, -0.2) is 9.67 Å². The maximum atomic E-state index is 4.78. The van der Waals surface area contributed by atoms with Crippen molar-refractivity contribution in [2.75, 3.05) is 13.1 Å². The van der Waals surface area contributed by atoms with Crippen LogP contribution >= 0.6 is 11.3 Å². The molecular formula is C18H22N4S. The van der Waals surface area contributed by atoms with Crippen molar-refractivity contribution in [1.82, 2.24) is 19.7 Å². The van der Waals surface area contributed by atoms with Crippen LogP contribution in [0.1, 0.15) is 25.2 Å². The SMILES string of the molecule is CCN(CC)Cc1cc(C)nn1-c1csc(-c2ccccc2)n1. The Balaban J connectivity index is 1.92. The van der Waals surface area contributed by atoms with Crippen LogP contribution in [0, 0.1) is 6.92 Å². The maximum Gasteiger partial charge on any atom is 0.165 e. The molecule has 0 saturated heterocycles. The third-order valence-electron chi connectivity index (χ3n) is 3.92. The summed E-state index contributed by atoms with van der Waals surface area (Å²) in [5, 5.41) is 7.76. The van der Waals surface area contributed by atoms with Gasteiger partial charge in [0.2, 0.25) is 0 Å². The van der Waals surface area contributed by atoms with E-state index in [-0.39, 0.29) is 0 Å². The third kappa shape index (κ3) is 3.51. The molecule has 0 saturated carbocycles. The van der Waals surface area contributed by atoms with Crippen molar-refractivity contribution in [2.24, 2.45) is 0 Å². The average molecular weight is 326 g/mol. The molecule has 0 fully saturated rings. The van der Waals surface area contributed by atoms with Gasteiger partial charge in [0.25, 0.3) is 0 Å². The number of thiazole rings is 1. The molecule has 0 aliphatic heterocycles. The number of benzene rings is 1. The Bertz CT molecular complexity index is 756. The van der Waals surface area contributed by atoms with E-state index in [0.29, 0.717) is 0 Å². The van der Waals surface area contributed by atoms with Crippen molar-refractivity contribution in [2.45, 2.75) is 27.3 Å². The minimum Gasteiger partial charge on any atom is -0.298 e. The molecule has 5 heteroatoms. The molecular weight excluding hydrogens is 304 g/mol. The summed E-state index contributed by atoms with van der Waals surface area (Å²) in [5.74, 6) is 0.907. The van der Waals surface area contributed by atoms with E-state index < -0.39 is 0 Å². The standard InChI is InChI=1S/C18H22N4S/c1-4-21(5-2)12-16-11-14(3)20-22(16)17-13-23-18(19-17)15-9-7-6-8-10-15/h6-11,13H,4-5,12H2,1-3H3. The second-order valence-electron chi connectivity index (χ2n) is 5.53. The Hall–Kier alpha value is -1.98. The number of hydrogen-bond donors (Lipinski definition) is 0. The number of aryl methyl sites for hydroxylation is 1. The van der Waals surface area contributed by atoms with Gasteiger partial charge in [-0.2, -0.15) is 5.10 Å². The van der Waals surface area contributed by atoms with Gasteiger partial charge in [0, 0.05) is 17.5 Å². The van der Waals surface area contributed by atoms with Gasteiger partial charge in [0.05, 0.1) is 11.4 Å². The number of rotatable bonds is 6. The first-order valence-electron chi connectivity index (χ1n) is 8.00. The maximum absolute atomic E-state index is 4.78. The van der Waals surface area contributed by atoms with Crippen molar-refractivity contribution in [3.63, 3.8) is 0 Å². The first kappa shape index (κ1) is 15.9. The first-order chi connectivity index (χ1) is 11.2. The fraction of sp³-hybridized carbons (Fsp3) is 0.333. The molecule has 0 aliphatic carbocycles. The van der Waals surface area contributed by atoms with E-state index in [0.717, 1.165) is 41.7 Å². The molecule has 0 N–H and O–H groups in total. The topological polar surface area (TPSA) is 34.0 Å². The van der Waals surface area contributed by atoms with Crippen LogP contribution in [0.25, 0.3) is 16.4 Å².